The van der Waals surface area contributed by atoms with E-state index in [1.165, 1.54) is 0 Å². The van der Waals surface area contributed by atoms with Crippen LogP contribution in [-0.2, 0) is 7.05 Å². The number of hydrogen-bond donors (Lipinski definition) is 0. The van der Waals surface area contributed by atoms with Crippen molar-refractivity contribution in [2.45, 2.75) is 19.8 Å². The number of aryl methyl sites for hydroxylation is 1. The summed E-state index contributed by atoms with van der Waals surface area (Å²) in [6.07, 6.45) is 0. The lowest BCUT2D eigenvalue weighted by atomic mass is 10.1. The number of para-hydroxylation sites is 3. The molecule has 0 bridgehead atoms. The smallest absolute Gasteiger partial charge is 0.227 e. The normalized spacial score (nSPS) is 12.0. The molecular formula is C22H19N3O. The molecule has 0 unspecified atom stereocenters. The van der Waals surface area contributed by atoms with Crippen LogP contribution in [0.3, 0.4) is 0 Å². The van der Waals surface area contributed by atoms with E-state index in [1.54, 1.807) is 0 Å². The highest BCUT2D eigenvalue weighted by atomic mass is 16.3. The number of benzene rings is 2. The summed E-state index contributed by atoms with van der Waals surface area (Å²) in [5, 5.41) is 2.12. The molecule has 0 N–H and O–H groups in total. The SMILES string of the molecule is CC(C)c1ccc2c(n1)oc1c(-c3nc4ccccc4n3C)cccc12. The van der Waals surface area contributed by atoms with Gasteiger partial charge in [0.2, 0.25) is 5.71 Å². The van der Waals surface area contributed by atoms with Crippen molar-refractivity contribution in [1.29, 1.82) is 0 Å². The minimum Gasteiger partial charge on any atom is -0.437 e. The minimum absolute atomic E-state index is 0.368. The molecular weight excluding hydrogens is 322 g/mol. The van der Waals surface area contributed by atoms with Gasteiger partial charge in [0.05, 0.1) is 16.6 Å². The van der Waals surface area contributed by atoms with Crippen LogP contribution < -0.4 is 0 Å². The molecule has 0 aliphatic rings. The first kappa shape index (κ1) is 15.1. The van der Waals surface area contributed by atoms with Crippen molar-refractivity contribution in [1.82, 2.24) is 14.5 Å². The highest BCUT2D eigenvalue weighted by Gasteiger charge is 2.17. The third-order valence-corrected chi connectivity index (χ3v) is 5.01. The maximum atomic E-state index is 6.22. The average molecular weight is 341 g/mol. The molecule has 3 heterocycles. The summed E-state index contributed by atoms with van der Waals surface area (Å²) in [4.78, 5) is 9.55. The zero-order chi connectivity index (χ0) is 17.8. The van der Waals surface area contributed by atoms with Crippen molar-refractivity contribution in [2.75, 3.05) is 0 Å². The standard InChI is InChI=1S/C22H19N3O/c1-13(2)17-12-11-15-14-7-6-8-16(20(14)26-22(15)24-17)21-23-18-9-4-5-10-19(18)25(21)3/h4-13H,1-3H3. The van der Waals surface area contributed by atoms with Crippen LogP contribution in [0.5, 0.6) is 0 Å². The van der Waals surface area contributed by atoms with Crippen molar-refractivity contribution in [2.24, 2.45) is 7.05 Å². The van der Waals surface area contributed by atoms with Gasteiger partial charge in [0.15, 0.2) is 0 Å². The maximum absolute atomic E-state index is 6.22. The van der Waals surface area contributed by atoms with E-state index in [2.05, 4.69) is 54.8 Å². The Labute approximate surface area is 151 Å². The molecule has 3 aromatic heterocycles. The number of pyridine rings is 1. The fraction of sp³-hybridized carbons (Fsp3) is 0.182. The van der Waals surface area contributed by atoms with Gasteiger partial charge >= 0.3 is 0 Å². The predicted molar refractivity (Wildman–Crippen MR) is 105 cm³/mol. The third-order valence-electron chi connectivity index (χ3n) is 5.01. The lowest BCUT2D eigenvalue weighted by molar-refractivity contribution is 0.648. The Kier molecular flexibility index (Phi) is 3.16. The monoisotopic (exact) mass is 341 g/mol. The van der Waals surface area contributed by atoms with Gasteiger partial charge in [-0.2, -0.15) is 0 Å². The van der Waals surface area contributed by atoms with Gasteiger partial charge in [-0.15, -0.1) is 0 Å². The molecule has 26 heavy (non-hydrogen) atoms. The molecule has 0 fully saturated rings. The molecule has 0 aliphatic heterocycles. The molecule has 2 aromatic carbocycles. The van der Waals surface area contributed by atoms with Gasteiger partial charge in [-0.05, 0) is 36.2 Å². The molecule has 0 saturated carbocycles. The Bertz CT molecular complexity index is 1280. The van der Waals surface area contributed by atoms with Gasteiger partial charge in [0.1, 0.15) is 11.4 Å². The van der Waals surface area contributed by atoms with Crippen LogP contribution in [0.15, 0.2) is 59.0 Å². The lowest BCUT2D eigenvalue weighted by Crippen LogP contribution is -1.92. The number of imidazole rings is 1. The summed E-state index contributed by atoms with van der Waals surface area (Å²) in [7, 11) is 2.04. The largest absolute Gasteiger partial charge is 0.437 e. The zero-order valence-corrected chi connectivity index (χ0v) is 15.0. The van der Waals surface area contributed by atoms with Crippen LogP contribution in [0.2, 0.25) is 0 Å². The lowest BCUT2D eigenvalue weighted by Gasteiger charge is -2.03. The van der Waals surface area contributed by atoms with E-state index in [4.69, 9.17) is 14.4 Å². The molecule has 0 saturated heterocycles. The highest BCUT2D eigenvalue weighted by molar-refractivity contribution is 6.08. The minimum atomic E-state index is 0.368. The van der Waals surface area contributed by atoms with Gasteiger partial charge in [-0.25, -0.2) is 9.97 Å². The van der Waals surface area contributed by atoms with E-state index in [1.807, 2.05) is 25.2 Å². The van der Waals surface area contributed by atoms with Gasteiger partial charge in [0.25, 0.3) is 0 Å². The van der Waals surface area contributed by atoms with Crippen LogP contribution in [0.25, 0.3) is 44.5 Å². The third kappa shape index (κ3) is 2.08. The summed E-state index contributed by atoms with van der Waals surface area (Å²) in [5.41, 5.74) is 5.66. The second kappa shape index (κ2) is 5.43. The number of fused-ring (bicyclic) bond motifs is 4. The number of hydrogen-bond acceptors (Lipinski definition) is 3. The van der Waals surface area contributed by atoms with Gasteiger partial charge in [-0.3, -0.25) is 0 Å². The topological polar surface area (TPSA) is 43.9 Å². The second-order valence-electron chi connectivity index (χ2n) is 7.01. The Balaban J connectivity index is 1.82. The van der Waals surface area contributed by atoms with E-state index >= 15 is 0 Å². The fourth-order valence-electron chi connectivity index (χ4n) is 3.58. The number of nitrogens with zero attached hydrogens (tertiary/aromatic N) is 3. The first-order chi connectivity index (χ1) is 12.6. The number of furan rings is 1. The highest BCUT2D eigenvalue weighted by Crippen LogP contribution is 2.36. The Hall–Kier alpha value is -3.14. The van der Waals surface area contributed by atoms with Crippen LogP contribution in [0.1, 0.15) is 25.5 Å². The Morgan fingerprint density at radius 3 is 2.54 bits per heavy atom. The quantitative estimate of drug-likeness (QED) is 0.416. The molecule has 0 atom stereocenters. The Morgan fingerprint density at radius 2 is 1.73 bits per heavy atom. The van der Waals surface area contributed by atoms with Crippen molar-refractivity contribution in [3.63, 3.8) is 0 Å². The van der Waals surface area contributed by atoms with Crippen molar-refractivity contribution in [3.05, 3.63) is 60.3 Å². The van der Waals surface area contributed by atoms with E-state index < -0.39 is 0 Å². The predicted octanol–water partition coefficient (Wildman–Crippen LogP) is 5.66. The van der Waals surface area contributed by atoms with E-state index in [9.17, 15) is 0 Å². The maximum Gasteiger partial charge on any atom is 0.227 e. The van der Waals surface area contributed by atoms with Crippen molar-refractivity contribution >= 4 is 33.1 Å². The summed E-state index contributed by atoms with van der Waals surface area (Å²) in [6, 6.07) is 18.6. The molecule has 5 aromatic rings. The summed E-state index contributed by atoms with van der Waals surface area (Å²) >= 11 is 0. The molecule has 4 nitrogen and oxygen atoms in total. The van der Waals surface area contributed by atoms with Crippen molar-refractivity contribution in [3.8, 4) is 11.4 Å². The number of aromatic nitrogens is 3. The summed E-state index contributed by atoms with van der Waals surface area (Å²) in [6.45, 7) is 4.28. The molecule has 5 rings (SSSR count). The average Bonchev–Trinajstić information content (AvgIpc) is 3.19. The molecule has 0 amide bonds. The summed E-state index contributed by atoms with van der Waals surface area (Å²) in [5.74, 6) is 1.27. The first-order valence-electron chi connectivity index (χ1n) is 8.87. The molecule has 0 radical (unpaired) electrons. The molecule has 4 heteroatoms. The van der Waals surface area contributed by atoms with Gasteiger partial charge in [0, 0.05) is 23.5 Å². The van der Waals surface area contributed by atoms with E-state index in [0.29, 0.717) is 11.6 Å². The van der Waals surface area contributed by atoms with Gasteiger partial charge < -0.3 is 8.98 Å². The summed E-state index contributed by atoms with van der Waals surface area (Å²) < 4.78 is 8.33. The van der Waals surface area contributed by atoms with E-state index in [0.717, 1.165) is 44.5 Å². The van der Waals surface area contributed by atoms with Crippen LogP contribution in [0, 0.1) is 0 Å². The molecule has 0 aliphatic carbocycles. The van der Waals surface area contributed by atoms with Crippen molar-refractivity contribution < 1.29 is 4.42 Å². The van der Waals surface area contributed by atoms with Crippen LogP contribution in [-0.4, -0.2) is 14.5 Å². The second-order valence-corrected chi connectivity index (χ2v) is 7.01. The molecule has 0 spiro atoms. The zero-order valence-electron chi connectivity index (χ0n) is 15.0. The fourth-order valence-corrected chi connectivity index (χ4v) is 3.58. The Morgan fingerprint density at radius 1 is 0.885 bits per heavy atom. The van der Waals surface area contributed by atoms with E-state index in [-0.39, 0.29) is 0 Å². The van der Waals surface area contributed by atoms with Crippen LogP contribution in [0.4, 0.5) is 0 Å². The molecule has 128 valence electrons. The van der Waals surface area contributed by atoms with Gasteiger partial charge in [-0.1, -0.05) is 38.1 Å². The first-order valence-corrected chi connectivity index (χ1v) is 8.87. The number of rotatable bonds is 2. The van der Waals surface area contributed by atoms with Crippen LogP contribution >= 0.6 is 0 Å².